The number of hydrogen-bond acceptors (Lipinski definition) is 5. The summed E-state index contributed by atoms with van der Waals surface area (Å²) >= 11 is 6.17. The summed E-state index contributed by atoms with van der Waals surface area (Å²) in [6.07, 6.45) is 3.12. The molecule has 3 amide bonds. The summed E-state index contributed by atoms with van der Waals surface area (Å²) in [5.74, 6) is 0.0515. The van der Waals surface area contributed by atoms with Crippen molar-refractivity contribution in [2.45, 2.75) is 18.6 Å². The van der Waals surface area contributed by atoms with Gasteiger partial charge in [0.25, 0.3) is 0 Å². The summed E-state index contributed by atoms with van der Waals surface area (Å²) in [6, 6.07) is 8.97. The zero-order valence-corrected chi connectivity index (χ0v) is 19.5. The molecule has 8 nitrogen and oxygen atoms in total. The Morgan fingerprint density at radius 2 is 1.91 bits per heavy atom. The summed E-state index contributed by atoms with van der Waals surface area (Å²) < 4.78 is 18.5. The Morgan fingerprint density at radius 1 is 1.24 bits per heavy atom. The number of nitrogens with one attached hydrogen (secondary N) is 2. The van der Waals surface area contributed by atoms with Crippen molar-refractivity contribution >= 4 is 35.3 Å². The molecule has 0 saturated carbocycles. The van der Waals surface area contributed by atoms with Gasteiger partial charge < -0.3 is 26.0 Å². The van der Waals surface area contributed by atoms with Gasteiger partial charge >= 0.3 is 6.03 Å². The van der Waals surface area contributed by atoms with Gasteiger partial charge in [-0.25, -0.2) is 9.18 Å². The average Bonchev–Trinajstić information content (AvgIpc) is 2.79. The molecule has 2 unspecified atom stereocenters. The first kappa shape index (κ1) is 24.0. The summed E-state index contributed by atoms with van der Waals surface area (Å²) in [4.78, 5) is 28.8. The Labute approximate surface area is 202 Å². The predicted octanol–water partition coefficient (Wildman–Crippen LogP) is 2.68. The van der Waals surface area contributed by atoms with E-state index >= 15 is 0 Å². The SMILES string of the molecule is COc1cc(/C=C/C(=O)N2C3CNCC2CN(Cc2ccc(F)cc2)C3)c(NC(N)=O)cc1Cl. The lowest BCUT2D eigenvalue weighted by Crippen LogP contribution is -2.68. The molecule has 2 aliphatic rings. The minimum Gasteiger partial charge on any atom is -0.495 e. The number of ether oxygens (including phenoxy) is 1. The lowest BCUT2D eigenvalue weighted by molar-refractivity contribution is -0.136. The van der Waals surface area contributed by atoms with Crippen LogP contribution in [0.4, 0.5) is 14.9 Å². The second kappa shape index (κ2) is 10.4. The van der Waals surface area contributed by atoms with Crippen molar-refractivity contribution in [3.63, 3.8) is 0 Å². The van der Waals surface area contributed by atoms with Crippen molar-refractivity contribution in [3.05, 3.63) is 64.4 Å². The molecule has 2 aromatic carbocycles. The Bertz CT molecular complexity index is 1080. The van der Waals surface area contributed by atoms with Crippen LogP contribution in [0.1, 0.15) is 11.1 Å². The van der Waals surface area contributed by atoms with Crippen molar-refractivity contribution < 1.29 is 18.7 Å². The molecule has 34 heavy (non-hydrogen) atoms. The number of amides is 3. The molecule has 2 heterocycles. The van der Waals surface area contributed by atoms with Crippen molar-refractivity contribution in [3.8, 4) is 5.75 Å². The third-order valence-corrected chi connectivity index (χ3v) is 6.34. The molecule has 2 aromatic rings. The van der Waals surface area contributed by atoms with Crippen molar-refractivity contribution in [2.75, 3.05) is 38.6 Å². The second-order valence-electron chi connectivity index (χ2n) is 8.43. The van der Waals surface area contributed by atoms with Gasteiger partial charge in [0.05, 0.1) is 29.9 Å². The van der Waals surface area contributed by atoms with Gasteiger partial charge in [-0.2, -0.15) is 0 Å². The summed E-state index contributed by atoms with van der Waals surface area (Å²) in [5, 5.41) is 6.24. The van der Waals surface area contributed by atoms with Crippen LogP contribution in [0.3, 0.4) is 0 Å². The molecule has 0 radical (unpaired) electrons. The number of nitrogens with zero attached hydrogens (tertiary/aromatic N) is 2. The van der Waals surface area contributed by atoms with E-state index < -0.39 is 6.03 Å². The number of piperazine rings is 2. The third-order valence-electron chi connectivity index (χ3n) is 6.05. The Morgan fingerprint density at radius 3 is 2.53 bits per heavy atom. The van der Waals surface area contributed by atoms with E-state index in [1.54, 1.807) is 24.3 Å². The minimum atomic E-state index is -0.736. The van der Waals surface area contributed by atoms with Gasteiger partial charge in [0.15, 0.2) is 0 Å². The molecule has 0 aliphatic carbocycles. The topological polar surface area (TPSA) is 99.9 Å². The van der Waals surface area contributed by atoms with E-state index in [9.17, 15) is 14.0 Å². The van der Waals surface area contributed by atoms with E-state index in [0.29, 0.717) is 54.7 Å². The third kappa shape index (κ3) is 5.49. The number of anilines is 1. The number of methoxy groups -OCH3 is 1. The Balaban J connectivity index is 1.49. The van der Waals surface area contributed by atoms with Gasteiger partial charge in [0.2, 0.25) is 5.91 Å². The number of urea groups is 1. The standard InChI is InChI=1S/C24H27ClFN5O3/c1-34-22-8-16(21(9-20(22)25)29-24(27)33)4-7-23(32)31-18-10-28-11-19(31)14-30(13-18)12-15-2-5-17(26)6-3-15/h2-9,18-19,28H,10-14H2,1H3,(H3,27,29,33)/b7-4+. The quantitative estimate of drug-likeness (QED) is 0.544. The van der Waals surface area contributed by atoms with E-state index in [0.717, 1.165) is 5.56 Å². The first-order valence-corrected chi connectivity index (χ1v) is 11.3. The fraction of sp³-hybridized carbons (Fsp3) is 0.333. The van der Waals surface area contributed by atoms with Gasteiger partial charge in [-0.1, -0.05) is 23.7 Å². The highest BCUT2D eigenvalue weighted by Crippen LogP contribution is 2.32. The lowest BCUT2D eigenvalue weighted by Gasteiger charge is -2.50. The van der Waals surface area contributed by atoms with Crippen molar-refractivity contribution in [1.29, 1.82) is 0 Å². The number of primary amides is 1. The Kier molecular flexibility index (Phi) is 7.35. The first-order valence-electron chi connectivity index (χ1n) is 11.0. The highest BCUT2D eigenvalue weighted by molar-refractivity contribution is 6.32. The van der Waals surface area contributed by atoms with Crippen LogP contribution in [0.2, 0.25) is 5.02 Å². The smallest absolute Gasteiger partial charge is 0.316 e. The van der Waals surface area contributed by atoms with E-state index in [4.69, 9.17) is 22.1 Å². The molecular formula is C24H27ClFN5O3. The monoisotopic (exact) mass is 487 g/mol. The highest BCUT2D eigenvalue weighted by Gasteiger charge is 2.39. The molecule has 2 atom stereocenters. The van der Waals surface area contributed by atoms with Crippen LogP contribution in [-0.4, -0.2) is 67.1 Å². The van der Waals surface area contributed by atoms with E-state index in [1.165, 1.54) is 31.4 Å². The maximum atomic E-state index is 13.2. The minimum absolute atomic E-state index is 0.00747. The van der Waals surface area contributed by atoms with Gasteiger partial charge in [0, 0.05) is 44.4 Å². The lowest BCUT2D eigenvalue weighted by atomic mass is 10.0. The molecule has 0 spiro atoms. The Hall–Kier alpha value is -3.14. The molecule has 180 valence electrons. The second-order valence-corrected chi connectivity index (χ2v) is 8.84. The predicted molar refractivity (Wildman–Crippen MR) is 129 cm³/mol. The fourth-order valence-corrected chi connectivity index (χ4v) is 4.82. The number of halogens is 2. The van der Waals surface area contributed by atoms with Crippen LogP contribution >= 0.6 is 11.6 Å². The van der Waals surface area contributed by atoms with E-state index in [-0.39, 0.29) is 23.8 Å². The maximum absolute atomic E-state index is 13.2. The average molecular weight is 488 g/mol. The van der Waals surface area contributed by atoms with Crippen LogP contribution in [0.25, 0.3) is 6.08 Å². The van der Waals surface area contributed by atoms with E-state index in [1.807, 2.05) is 4.90 Å². The first-order chi connectivity index (χ1) is 16.3. The largest absolute Gasteiger partial charge is 0.495 e. The number of hydrogen-bond donors (Lipinski definition) is 3. The van der Waals surface area contributed by atoms with Gasteiger partial charge in [-0.15, -0.1) is 0 Å². The number of carbonyl (C=O) groups excluding carboxylic acids is 2. The van der Waals surface area contributed by atoms with Crippen LogP contribution < -0.4 is 21.1 Å². The summed E-state index contributed by atoms with van der Waals surface area (Å²) in [6.45, 7) is 3.52. The van der Waals surface area contributed by atoms with Crippen LogP contribution in [-0.2, 0) is 11.3 Å². The number of fused-ring (bicyclic) bond motifs is 2. The highest BCUT2D eigenvalue weighted by atomic mass is 35.5. The van der Waals surface area contributed by atoms with Gasteiger partial charge in [-0.05, 0) is 35.9 Å². The van der Waals surface area contributed by atoms with Crippen molar-refractivity contribution in [1.82, 2.24) is 15.1 Å². The summed E-state index contributed by atoms with van der Waals surface area (Å²) in [7, 11) is 1.49. The maximum Gasteiger partial charge on any atom is 0.316 e. The zero-order valence-electron chi connectivity index (χ0n) is 18.8. The van der Waals surface area contributed by atoms with Gasteiger partial charge in [0.1, 0.15) is 11.6 Å². The number of nitrogens with two attached hydrogens (primary N) is 1. The molecule has 4 rings (SSSR count). The number of carbonyl (C=O) groups is 2. The molecule has 10 heteroatoms. The van der Waals surface area contributed by atoms with E-state index in [2.05, 4.69) is 15.5 Å². The number of rotatable bonds is 6. The number of benzene rings is 2. The molecule has 0 aromatic heterocycles. The molecule has 2 fully saturated rings. The van der Waals surface area contributed by atoms with Gasteiger partial charge in [-0.3, -0.25) is 9.69 Å². The van der Waals surface area contributed by atoms with Crippen molar-refractivity contribution in [2.24, 2.45) is 5.73 Å². The normalized spacial score (nSPS) is 20.4. The van der Waals surface area contributed by atoms with Crippen LogP contribution in [0.5, 0.6) is 5.75 Å². The fourth-order valence-electron chi connectivity index (χ4n) is 4.58. The molecule has 2 aliphatic heterocycles. The zero-order chi connectivity index (χ0) is 24.2. The van der Waals surface area contributed by atoms with Crippen LogP contribution in [0, 0.1) is 5.82 Å². The van der Waals surface area contributed by atoms with Crippen LogP contribution in [0.15, 0.2) is 42.5 Å². The summed E-state index contributed by atoms with van der Waals surface area (Å²) in [5.41, 5.74) is 7.24. The molecule has 4 N–H and O–H groups in total. The molecule has 2 bridgehead atoms. The molecular weight excluding hydrogens is 461 g/mol. The molecule has 2 saturated heterocycles.